The van der Waals surface area contributed by atoms with Crippen molar-refractivity contribution < 1.29 is 27.5 Å². The molecule has 2 atom stereocenters. The molecule has 0 spiro atoms. The van der Waals surface area contributed by atoms with Gasteiger partial charge in [0.05, 0.1) is 28.9 Å². The molecule has 1 N–H and O–H groups in total. The lowest BCUT2D eigenvalue weighted by atomic mass is 10.1. The second-order valence-electron chi connectivity index (χ2n) is 13.9. The van der Waals surface area contributed by atoms with Crippen molar-refractivity contribution in [3.8, 4) is 23.1 Å². The van der Waals surface area contributed by atoms with Crippen molar-refractivity contribution in [2.24, 2.45) is 0 Å². The van der Waals surface area contributed by atoms with E-state index in [9.17, 15) is 18.0 Å². The number of rotatable bonds is 6. The average molecular weight is 802 g/mol. The number of ether oxygens (including phenoxy) is 2. The Balaban J connectivity index is 1.23. The lowest BCUT2D eigenvalue weighted by Crippen LogP contribution is -2.37. The fourth-order valence-corrected chi connectivity index (χ4v) is 7.78. The zero-order valence-corrected chi connectivity index (χ0v) is 32.7. The minimum Gasteiger partial charge on any atom is -0.445 e. The highest BCUT2D eigenvalue weighted by atomic mass is 35.6. The molecule has 280 valence electrons. The number of alkyl halides is 3. The van der Waals surface area contributed by atoms with Gasteiger partial charge in [-0.3, -0.25) is 9.80 Å². The predicted octanol–water partition coefficient (Wildman–Crippen LogP) is 7.93. The van der Waals surface area contributed by atoms with E-state index in [1.165, 1.54) is 11.1 Å². The van der Waals surface area contributed by atoms with E-state index in [1.807, 2.05) is 31.2 Å². The van der Waals surface area contributed by atoms with Gasteiger partial charge in [-0.25, -0.2) is 31.9 Å². The molecule has 2 amide bonds. The summed E-state index contributed by atoms with van der Waals surface area (Å²) in [6, 6.07) is 13.0. The van der Waals surface area contributed by atoms with E-state index < -0.39 is 37.6 Å². The van der Waals surface area contributed by atoms with E-state index in [4.69, 9.17) is 49.3 Å². The van der Waals surface area contributed by atoms with Crippen LogP contribution in [0, 0.1) is 18.8 Å². The lowest BCUT2D eigenvalue weighted by Gasteiger charge is -2.28. The van der Waals surface area contributed by atoms with Crippen LogP contribution < -0.4 is 0 Å². The Morgan fingerprint density at radius 1 is 0.906 bits per heavy atom. The van der Waals surface area contributed by atoms with Crippen LogP contribution in [0.3, 0.4) is 0 Å². The van der Waals surface area contributed by atoms with Crippen LogP contribution in [-0.4, -0.2) is 78.4 Å². The first-order valence-electron chi connectivity index (χ1n) is 17.1. The number of carbonyl (C=O) groups is 2. The number of halogens is 3. The highest BCUT2D eigenvalue weighted by molar-refractivity contribution is 7.90. The highest BCUT2D eigenvalue weighted by Gasteiger charge is 2.38. The zero-order valence-electron chi connectivity index (χ0n) is 29.6. The summed E-state index contributed by atoms with van der Waals surface area (Å²) in [6.45, 7) is 7.78. The average Bonchev–Trinajstić information content (AvgIpc) is 3.91. The van der Waals surface area contributed by atoms with Crippen LogP contribution in [0.1, 0.15) is 87.0 Å². The van der Waals surface area contributed by atoms with E-state index in [0.29, 0.717) is 49.4 Å². The topological polar surface area (TPSA) is 140 Å². The Morgan fingerprint density at radius 3 is 2.19 bits per heavy atom. The Hall–Kier alpha value is -4.22. The highest BCUT2D eigenvalue weighted by Crippen LogP contribution is 2.35. The molecule has 0 bridgehead atoms. The van der Waals surface area contributed by atoms with Gasteiger partial charge in [-0.15, -0.1) is 0 Å². The largest absolute Gasteiger partial charge is 0.445 e. The number of likely N-dealkylation sites (tertiary alicyclic amines) is 2. The van der Waals surface area contributed by atoms with Crippen molar-refractivity contribution in [2.75, 3.05) is 19.7 Å². The SMILES string of the molecule is Cc1ccc(S(=O)(=O)n2cc(C#Cc3ccc(-c4c[nH]c([C@@H]5CCCN5C(=O)OCC(Cl)(Cl)Cl)n4)cc3)nc2[C@@H]2CCCN2C(=O)OC(C)(C)C)cc1. The zero-order chi connectivity index (χ0) is 38.1. The molecular weight excluding hydrogens is 763 g/mol. The molecule has 2 fully saturated rings. The van der Waals surface area contributed by atoms with Crippen molar-refractivity contribution in [2.45, 2.75) is 79.8 Å². The normalized spacial score (nSPS) is 17.8. The number of hydrogen-bond acceptors (Lipinski definition) is 8. The first-order chi connectivity index (χ1) is 25.0. The number of nitrogens with zero attached hydrogens (tertiary/aromatic N) is 5. The van der Waals surface area contributed by atoms with Crippen molar-refractivity contribution in [1.29, 1.82) is 0 Å². The summed E-state index contributed by atoms with van der Waals surface area (Å²) in [5, 5.41) is 0. The monoisotopic (exact) mass is 800 g/mol. The predicted molar refractivity (Wildman–Crippen MR) is 201 cm³/mol. The van der Waals surface area contributed by atoms with Gasteiger partial charge in [0.15, 0.2) is 0 Å². The van der Waals surface area contributed by atoms with Crippen molar-refractivity contribution >= 4 is 57.0 Å². The first-order valence-corrected chi connectivity index (χ1v) is 19.6. The van der Waals surface area contributed by atoms with Gasteiger partial charge in [-0.05, 0) is 83.6 Å². The third-order valence-corrected chi connectivity index (χ3v) is 10.7. The molecule has 6 rings (SSSR count). The number of H-pyrrole nitrogens is 1. The molecule has 2 aromatic heterocycles. The smallest absolute Gasteiger partial charge is 0.410 e. The van der Waals surface area contributed by atoms with Gasteiger partial charge in [0.2, 0.25) is 3.79 Å². The molecule has 16 heteroatoms. The molecule has 2 aliphatic heterocycles. The Bertz CT molecular complexity index is 2150. The third-order valence-electron chi connectivity index (χ3n) is 8.73. The summed E-state index contributed by atoms with van der Waals surface area (Å²) in [6.07, 6.45) is 4.73. The minimum absolute atomic E-state index is 0.0979. The standard InChI is InChI=1S/C37H39Cl3N6O6S/c1-24-9-17-28(18-10-24)53(49,50)46-22-27(42-33(46)31-8-6-20-45(31)35(48)52-36(2,3)4)16-13-25-11-14-26(15-12-25)29-21-41-32(43-29)30-7-5-19-44(30)34(47)51-23-37(38,39)40/h9-12,14-15,17-18,21-22,30-31H,5-8,19-20,23H2,1-4H3,(H,41,43)/t30-,31-/m0/s1. The molecule has 53 heavy (non-hydrogen) atoms. The van der Waals surface area contributed by atoms with E-state index >= 15 is 0 Å². The molecule has 2 saturated heterocycles. The molecule has 4 heterocycles. The van der Waals surface area contributed by atoms with Crippen LogP contribution in [-0.2, 0) is 19.5 Å². The molecule has 0 aliphatic carbocycles. The van der Waals surface area contributed by atoms with E-state index in [-0.39, 0.29) is 29.1 Å². The van der Waals surface area contributed by atoms with E-state index in [2.05, 4.69) is 21.8 Å². The summed E-state index contributed by atoms with van der Waals surface area (Å²) in [5.41, 5.74) is 2.60. The molecule has 0 unspecified atom stereocenters. The number of nitrogens with one attached hydrogen (secondary N) is 1. The number of aromatic nitrogens is 4. The van der Waals surface area contributed by atoms with Crippen LogP contribution >= 0.6 is 34.8 Å². The van der Waals surface area contributed by atoms with Gasteiger partial charge >= 0.3 is 12.2 Å². The maximum atomic E-state index is 14.0. The molecule has 12 nitrogen and oxygen atoms in total. The molecular formula is C37H39Cl3N6O6S. The fourth-order valence-electron chi connectivity index (χ4n) is 6.26. The van der Waals surface area contributed by atoms with Crippen LogP contribution in [0.15, 0.2) is 65.8 Å². The quantitative estimate of drug-likeness (QED) is 0.153. The lowest BCUT2D eigenvalue weighted by molar-refractivity contribution is 0.0217. The van der Waals surface area contributed by atoms with Gasteiger partial charge < -0.3 is 14.5 Å². The fraction of sp³-hybridized carbons (Fsp3) is 0.405. The maximum Gasteiger partial charge on any atom is 0.410 e. The van der Waals surface area contributed by atoms with Crippen molar-refractivity contribution in [3.05, 3.63) is 89.4 Å². The number of carbonyl (C=O) groups excluding carboxylic acids is 2. The van der Waals surface area contributed by atoms with Crippen molar-refractivity contribution in [1.82, 2.24) is 28.7 Å². The Kier molecular flexibility index (Phi) is 11.1. The van der Waals surface area contributed by atoms with Gasteiger partial charge in [0.1, 0.15) is 29.6 Å². The van der Waals surface area contributed by atoms with Crippen LogP contribution in [0.4, 0.5) is 9.59 Å². The molecule has 2 aromatic carbocycles. The van der Waals surface area contributed by atoms with Crippen molar-refractivity contribution in [3.63, 3.8) is 0 Å². The summed E-state index contributed by atoms with van der Waals surface area (Å²) in [4.78, 5) is 41.7. The van der Waals surface area contributed by atoms with Gasteiger partial charge in [0.25, 0.3) is 10.0 Å². The number of benzene rings is 2. The second kappa shape index (κ2) is 15.3. The molecule has 4 aromatic rings. The summed E-state index contributed by atoms with van der Waals surface area (Å²) in [7, 11) is -4.07. The Labute approximate surface area is 323 Å². The third kappa shape index (κ3) is 9.12. The minimum atomic E-state index is -4.07. The second-order valence-corrected chi connectivity index (χ2v) is 18.3. The summed E-state index contributed by atoms with van der Waals surface area (Å²) < 4.78 is 38.2. The first kappa shape index (κ1) is 38.5. The van der Waals surface area contributed by atoms with E-state index in [1.54, 1.807) is 56.1 Å². The Morgan fingerprint density at radius 2 is 1.55 bits per heavy atom. The molecule has 0 saturated carbocycles. The van der Waals surface area contributed by atoms with Gasteiger partial charge in [-0.1, -0.05) is 70.6 Å². The number of imidazole rings is 2. The van der Waals surface area contributed by atoms with Crippen LogP contribution in [0.5, 0.6) is 0 Å². The number of aromatic amines is 1. The summed E-state index contributed by atoms with van der Waals surface area (Å²) in [5.74, 6) is 6.92. The number of aryl methyl sites for hydroxylation is 1. The molecule has 2 aliphatic rings. The number of amides is 2. The van der Waals surface area contributed by atoms with Gasteiger partial charge in [0, 0.05) is 30.4 Å². The van der Waals surface area contributed by atoms with Crippen LogP contribution in [0.2, 0.25) is 0 Å². The van der Waals surface area contributed by atoms with E-state index in [0.717, 1.165) is 21.5 Å². The molecule has 0 radical (unpaired) electrons. The number of hydrogen-bond donors (Lipinski definition) is 1. The maximum absolute atomic E-state index is 14.0. The summed E-state index contributed by atoms with van der Waals surface area (Å²) >= 11 is 17.2. The van der Waals surface area contributed by atoms with Gasteiger partial charge in [-0.2, -0.15) is 0 Å². The van der Waals surface area contributed by atoms with Crippen LogP contribution in [0.25, 0.3) is 11.3 Å².